The summed E-state index contributed by atoms with van der Waals surface area (Å²) >= 11 is 0. The lowest BCUT2D eigenvalue weighted by molar-refractivity contribution is -0.122. The van der Waals surface area contributed by atoms with Gasteiger partial charge in [-0.3, -0.25) is 9.59 Å². The minimum Gasteiger partial charge on any atom is -0.344 e. The van der Waals surface area contributed by atoms with Gasteiger partial charge in [-0.25, -0.2) is 0 Å². The lowest BCUT2D eigenvalue weighted by Crippen LogP contribution is -2.37. The van der Waals surface area contributed by atoms with Crippen LogP contribution in [0.5, 0.6) is 0 Å². The molecule has 86 valence electrons. The monoisotopic (exact) mass is 229 g/mol. The predicted octanol–water partition coefficient (Wildman–Crippen LogP) is 0.775. The van der Waals surface area contributed by atoms with E-state index in [0.29, 0.717) is 24.1 Å². The summed E-state index contributed by atoms with van der Waals surface area (Å²) in [6.45, 7) is 0. The normalized spacial score (nSPS) is 18.3. The standard InChI is InChI=1S/C12H11N3O2/c13-7-8-1-3-9(4-2-8)14-12(17)10-5-6-11(16)15-10/h1-4,10H,5-6H2,(H,14,17)(H,15,16). The molecular formula is C12H11N3O2. The highest BCUT2D eigenvalue weighted by molar-refractivity contribution is 5.98. The zero-order valence-corrected chi connectivity index (χ0v) is 9.06. The van der Waals surface area contributed by atoms with Crippen molar-refractivity contribution in [3.63, 3.8) is 0 Å². The maximum atomic E-state index is 11.7. The first-order valence-electron chi connectivity index (χ1n) is 5.29. The number of amides is 2. The summed E-state index contributed by atoms with van der Waals surface area (Å²) in [7, 11) is 0. The van der Waals surface area contributed by atoms with E-state index in [-0.39, 0.29) is 11.8 Å². The predicted molar refractivity (Wildman–Crippen MR) is 61.0 cm³/mol. The van der Waals surface area contributed by atoms with Crippen molar-refractivity contribution >= 4 is 17.5 Å². The van der Waals surface area contributed by atoms with Crippen molar-refractivity contribution in [1.82, 2.24) is 5.32 Å². The third kappa shape index (κ3) is 2.61. The van der Waals surface area contributed by atoms with Gasteiger partial charge in [0.15, 0.2) is 0 Å². The SMILES string of the molecule is N#Cc1ccc(NC(=O)C2CCC(=O)N2)cc1. The van der Waals surface area contributed by atoms with Crippen LogP contribution >= 0.6 is 0 Å². The number of anilines is 1. The van der Waals surface area contributed by atoms with Crippen LogP contribution in [0.4, 0.5) is 5.69 Å². The molecule has 5 nitrogen and oxygen atoms in total. The fourth-order valence-electron chi connectivity index (χ4n) is 1.67. The average Bonchev–Trinajstić information content (AvgIpc) is 2.77. The molecule has 1 unspecified atom stereocenters. The van der Waals surface area contributed by atoms with Crippen molar-refractivity contribution in [1.29, 1.82) is 5.26 Å². The molecule has 1 saturated heterocycles. The Hall–Kier alpha value is -2.35. The molecular weight excluding hydrogens is 218 g/mol. The number of carbonyl (C=O) groups is 2. The van der Waals surface area contributed by atoms with Crippen LogP contribution in [-0.4, -0.2) is 17.9 Å². The Balaban J connectivity index is 1.98. The van der Waals surface area contributed by atoms with Crippen LogP contribution < -0.4 is 10.6 Å². The van der Waals surface area contributed by atoms with Crippen LogP contribution in [0.25, 0.3) is 0 Å². The highest BCUT2D eigenvalue weighted by Gasteiger charge is 2.26. The Bertz CT molecular complexity index is 487. The second-order valence-corrected chi connectivity index (χ2v) is 3.84. The first kappa shape index (κ1) is 11.1. The van der Waals surface area contributed by atoms with Crippen molar-refractivity contribution < 1.29 is 9.59 Å². The number of benzene rings is 1. The number of nitrogens with one attached hydrogen (secondary N) is 2. The third-order valence-electron chi connectivity index (χ3n) is 2.59. The molecule has 2 rings (SSSR count). The molecule has 0 spiro atoms. The molecule has 1 atom stereocenters. The molecule has 2 amide bonds. The van der Waals surface area contributed by atoms with Gasteiger partial charge in [-0.2, -0.15) is 5.26 Å². The Morgan fingerprint density at radius 1 is 1.41 bits per heavy atom. The largest absolute Gasteiger partial charge is 0.344 e. The second-order valence-electron chi connectivity index (χ2n) is 3.84. The molecule has 1 aliphatic rings. The quantitative estimate of drug-likeness (QED) is 0.786. The van der Waals surface area contributed by atoms with E-state index in [1.807, 2.05) is 6.07 Å². The topological polar surface area (TPSA) is 82.0 Å². The number of hydrogen-bond donors (Lipinski definition) is 2. The highest BCUT2D eigenvalue weighted by Crippen LogP contribution is 2.12. The molecule has 0 saturated carbocycles. The fourth-order valence-corrected chi connectivity index (χ4v) is 1.67. The van der Waals surface area contributed by atoms with Crippen LogP contribution in [-0.2, 0) is 9.59 Å². The second kappa shape index (κ2) is 4.66. The zero-order valence-electron chi connectivity index (χ0n) is 9.06. The molecule has 1 fully saturated rings. The van der Waals surface area contributed by atoms with E-state index in [1.165, 1.54) is 0 Å². The molecule has 17 heavy (non-hydrogen) atoms. The molecule has 1 aliphatic heterocycles. The number of nitriles is 1. The van der Waals surface area contributed by atoms with Gasteiger partial charge in [-0.1, -0.05) is 0 Å². The first-order valence-corrected chi connectivity index (χ1v) is 5.29. The van der Waals surface area contributed by atoms with Gasteiger partial charge in [0.2, 0.25) is 11.8 Å². The molecule has 0 aliphatic carbocycles. The van der Waals surface area contributed by atoms with Crippen LogP contribution in [0.1, 0.15) is 18.4 Å². The lowest BCUT2D eigenvalue weighted by Gasteiger charge is -2.10. The number of nitrogens with zero attached hydrogens (tertiary/aromatic N) is 1. The maximum absolute atomic E-state index is 11.7. The maximum Gasteiger partial charge on any atom is 0.246 e. The minimum atomic E-state index is -0.446. The summed E-state index contributed by atoms with van der Waals surface area (Å²) in [6, 6.07) is 8.13. The highest BCUT2D eigenvalue weighted by atomic mass is 16.2. The Kier molecular flexibility index (Phi) is 3.06. The summed E-state index contributed by atoms with van der Waals surface area (Å²) in [5, 5.41) is 13.9. The van der Waals surface area contributed by atoms with Gasteiger partial charge in [-0.15, -0.1) is 0 Å². The van der Waals surface area contributed by atoms with Crippen LogP contribution in [0.3, 0.4) is 0 Å². The van der Waals surface area contributed by atoms with E-state index in [2.05, 4.69) is 10.6 Å². The molecule has 2 N–H and O–H groups in total. The summed E-state index contributed by atoms with van der Waals surface area (Å²) in [6.07, 6.45) is 0.923. The van der Waals surface area contributed by atoms with Gasteiger partial charge in [0.1, 0.15) is 6.04 Å². The van der Waals surface area contributed by atoms with E-state index in [4.69, 9.17) is 5.26 Å². The van der Waals surface area contributed by atoms with E-state index >= 15 is 0 Å². The van der Waals surface area contributed by atoms with Crippen LogP contribution in [0, 0.1) is 11.3 Å². The Labute approximate surface area is 98.4 Å². The molecule has 1 aromatic carbocycles. The Morgan fingerprint density at radius 2 is 2.12 bits per heavy atom. The van der Waals surface area contributed by atoms with Gasteiger partial charge < -0.3 is 10.6 Å². The minimum absolute atomic E-state index is 0.0926. The van der Waals surface area contributed by atoms with Gasteiger partial charge in [0, 0.05) is 12.1 Å². The Morgan fingerprint density at radius 3 is 2.65 bits per heavy atom. The fraction of sp³-hybridized carbons (Fsp3) is 0.250. The molecule has 0 radical (unpaired) electrons. The van der Waals surface area contributed by atoms with E-state index in [1.54, 1.807) is 24.3 Å². The van der Waals surface area contributed by atoms with Crippen LogP contribution in [0.2, 0.25) is 0 Å². The molecule has 1 heterocycles. The van der Waals surface area contributed by atoms with Crippen molar-refractivity contribution in [2.75, 3.05) is 5.32 Å². The summed E-state index contributed by atoms with van der Waals surface area (Å²) in [5.41, 5.74) is 1.16. The molecule has 0 aromatic heterocycles. The van der Waals surface area contributed by atoms with Crippen molar-refractivity contribution in [2.24, 2.45) is 0 Å². The molecule has 0 bridgehead atoms. The number of hydrogen-bond acceptors (Lipinski definition) is 3. The van der Waals surface area contributed by atoms with Crippen molar-refractivity contribution in [2.45, 2.75) is 18.9 Å². The summed E-state index contributed by atoms with van der Waals surface area (Å²) in [5.74, 6) is -0.314. The summed E-state index contributed by atoms with van der Waals surface area (Å²) < 4.78 is 0. The first-order chi connectivity index (χ1) is 8.19. The third-order valence-corrected chi connectivity index (χ3v) is 2.59. The van der Waals surface area contributed by atoms with Gasteiger partial charge in [0.25, 0.3) is 0 Å². The van der Waals surface area contributed by atoms with E-state index in [9.17, 15) is 9.59 Å². The van der Waals surface area contributed by atoms with Gasteiger partial charge in [-0.05, 0) is 30.7 Å². The van der Waals surface area contributed by atoms with E-state index in [0.717, 1.165) is 0 Å². The lowest BCUT2D eigenvalue weighted by atomic mass is 10.2. The van der Waals surface area contributed by atoms with Gasteiger partial charge >= 0.3 is 0 Å². The zero-order chi connectivity index (χ0) is 12.3. The van der Waals surface area contributed by atoms with Crippen LogP contribution in [0.15, 0.2) is 24.3 Å². The smallest absolute Gasteiger partial charge is 0.246 e. The number of carbonyl (C=O) groups excluding carboxylic acids is 2. The van der Waals surface area contributed by atoms with E-state index < -0.39 is 6.04 Å². The number of rotatable bonds is 2. The van der Waals surface area contributed by atoms with Crippen molar-refractivity contribution in [3.8, 4) is 6.07 Å². The molecule has 1 aromatic rings. The van der Waals surface area contributed by atoms with Crippen molar-refractivity contribution in [3.05, 3.63) is 29.8 Å². The van der Waals surface area contributed by atoms with Gasteiger partial charge in [0.05, 0.1) is 11.6 Å². The molecule has 5 heteroatoms. The average molecular weight is 229 g/mol. The summed E-state index contributed by atoms with van der Waals surface area (Å²) in [4.78, 5) is 22.7.